The molecule has 0 amide bonds. The number of pyridine rings is 1. The highest BCUT2D eigenvalue weighted by Gasteiger charge is 1.94. The predicted molar refractivity (Wildman–Crippen MR) is 54.5 cm³/mol. The molecule has 0 saturated heterocycles. The van der Waals surface area contributed by atoms with E-state index in [0.717, 1.165) is 30.9 Å². The van der Waals surface area contributed by atoms with Crippen molar-refractivity contribution >= 4 is 6.08 Å². The molecule has 0 aliphatic rings. The van der Waals surface area contributed by atoms with Crippen molar-refractivity contribution in [3.63, 3.8) is 0 Å². The Morgan fingerprint density at radius 3 is 3.15 bits per heavy atom. The summed E-state index contributed by atoms with van der Waals surface area (Å²) in [7, 11) is 0. The fourth-order valence-corrected chi connectivity index (χ4v) is 1.08. The third kappa shape index (κ3) is 3.38. The molecule has 0 N–H and O–H groups in total. The third-order valence-corrected chi connectivity index (χ3v) is 1.78. The van der Waals surface area contributed by atoms with Gasteiger partial charge in [-0.25, -0.2) is 0 Å². The van der Waals surface area contributed by atoms with Crippen LogP contribution in [0, 0.1) is 0 Å². The Morgan fingerprint density at radius 1 is 1.62 bits per heavy atom. The maximum absolute atomic E-state index is 5.25. The summed E-state index contributed by atoms with van der Waals surface area (Å²) in [6, 6.07) is 3.98. The van der Waals surface area contributed by atoms with E-state index in [1.807, 2.05) is 25.1 Å². The molecule has 0 unspecified atom stereocenters. The van der Waals surface area contributed by atoms with E-state index in [9.17, 15) is 0 Å². The average molecular weight is 177 g/mol. The van der Waals surface area contributed by atoms with Crippen LogP contribution in [0.2, 0.25) is 0 Å². The van der Waals surface area contributed by atoms with Crippen molar-refractivity contribution in [3.05, 3.63) is 36.2 Å². The summed E-state index contributed by atoms with van der Waals surface area (Å²) < 4.78 is 5.25. The Bertz CT molecular complexity index is 271. The Balaban J connectivity index is 2.51. The van der Waals surface area contributed by atoms with E-state index in [-0.39, 0.29) is 0 Å². The highest BCUT2D eigenvalue weighted by atomic mass is 16.5. The molecule has 1 rings (SSSR count). The van der Waals surface area contributed by atoms with Gasteiger partial charge in [-0.2, -0.15) is 0 Å². The predicted octanol–water partition coefficient (Wildman–Crippen LogP) is 2.30. The van der Waals surface area contributed by atoms with Crippen molar-refractivity contribution in [2.24, 2.45) is 0 Å². The molecule has 1 heterocycles. The third-order valence-electron chi connectivity index (χ3n) is 1.78. The molecule has 0 radical (unpaired) electrons. The van der Waals surface area contributed by atoms with Crippen LogP contribution in [0.4, 0.5) is 0 Å². The van der Waals surface area contributed by atoms with Gasteiger partial charge in [0, 0.05) is 24.9 Å². The second-order valence-electron chi connectivity index (χ2n) is 2.73. The molecule has 0 fully saturated rings. The lowest BCUT2D eigenvalue weighted by atomic mass is 10.2. The van der Waals surface area contributed by atoms with Crippen molar-refractivity contribution < 1.29 is 4.74 Å². The van der Waals surface area contributed by atoms with Gasteiger partial charge in [-0.15, -0.1) is 0 Å². The van der Waals surface area contributed by atoms with Gasteiger partial charge in [-0.05, 0) is 24.6 Å². The Kier molecular flexibility index (Phi) is 4.19. The van der Waals surface area contributed by atoms with Crippen molar-refractivity contribution in [1.82, 2.24) is 4.98 Å². The minimum atomic E-state index is 0.740. The van der Waals surface area contributed by atoms with Gasteiger partial charge in [0.05, 0.1) is 6.61 Å². The lowest BCUT2D eigenvalue weighted by Crippen LogP contribution is -1.99. The molecule has 1 aromatic rings. The SMILES string of the molecule is C=Cc1ccnc(CCOCC)c1. The summed E-state index contributed by atoms with van der Waals surface area (Å²) in [5.41, 5.74) is 2.17. The van der Waals surface area contributed by atoms with E-state index in [1.165, 1.54) is 0 Å². The smallest absolute Gasteiger partial charge is 0.0521 e. The average Bonchev–Trinajstić information content (AvgIpc) is 2.19. The number of hydrogen-bond acceptors (Lipinski definition) is 2. The normalized spacial score (nSPS) is 9.92. The quantitative estimate of drug-likeness (QED) is 0.644. The van der Waals surface area contributed by atoms with Crippen LogP contribution in [0.25, 0.3) is 6.08 Å². The molecule has 2 heteroatoms. The van der Waals surface area contributed by atoms with Gasteiger partial charge in [-0.3, -0.25) is 4.98 Å². The maximum atomic E-state index is 5.25. The molecule has 0 spiro atoms. The summed E-state index contributed by atoms with van der Waals surface area (Å²) in [5.74, 6) is 0. The number of hydrogen-bond donors (Lipinski definition) is 0. The van der Waals surface area contributed by atoms with Gasteiger partial charge in [0.15, 0.2) is 0 Å². The van der Waals surface area contributed by atoms with Crippen LogP contribution in [0.3, 0.4) is 0 Å². The highest BCUT2D eigenvalue weighted by molar-refractivity contribution is 5.46. The van der Waals surface area contributed by atoms with Crippen LogP contribution in [0.15, 0.2) is 24.9 Å². The number of ether oxygens (including phenoxy) is 1. The molecule has 0 bridgehead atoms. The molecule has 0 atom stereocenters. The topological polar surface area (TPSA) is 22.1 Å². The maximum Gasteiger partial charge on any atom is 0.0521 e. The molecule has 70 valence electrons. The molecule has 0 aromatic carbocycles. The molecule has 13 heavy (non-hydrogen) atoms. The second kappa shape index (κ2) is 5.49. The Hall–Kier alpha value is -1.15. The summed E-state index contributed by atoms with van der Waals surface area (Å²) in [5, 5.41) is 0. The van der Waals surface area contributed by atoms with Crippen LogP contribution in [-0.4, -0.2) is 18.2 Å². The number of rotatable bonds is 5. The van der Waals surface area contributed by atoms with E-state index < -0.39 is 0 Å². The molecular weight excluding hydrogens is 162 g/mol. The Labute approximate surface area is 79.3 Å². The fourth-order valence-electron chi connectivity index (χ4n) is 1.08. The van der Waals surface area contributed by atoms with Gasteiger partial charge < -0.3 is 4.74 Å². The summed E-state index contributed by atoms with van der Waals surface area (Å²) in [6.07, 6.45) is 4.50. The minimum absolute atomic E-state index is 0.740. The lowest BCUT2D eigenvalue weighted by Gasteiger charge is -2.01. The summed E-state index contributed by atoms with van der Waals surface area (Å²) in [6.45, 7) is 7.21. The first-order valence-electron chi connectivity index (χ1n) is 4.52. The first-order valence-corrected chi connectivity index (χ1v) is 4.52. The zero-order valence-corrected chi connectivity index (χ0v) is 7.99. The highest BCUT2D eigenvalue weighted by Crippen LogP contribution is 2.03. The van der Waals surface area contributed by atoms with E-state index in [4.69, 9.17) is 4.74 Å². The second-order valence-corrected chi connectivity index (χ2v) is 2.73. The zero-order valence-electron chi connectivity index (χ0n) is 7.99. The summed E-state index contributed by atoms with van der Waals surface area (Å²) in [4.78, 5) is 4.23. The van der Waals surface area contributed by atoms with Crippen LogP contribution in [0.1, 0.15) is 18.2 Å². The zero-order chi connectivity index (χ0) is 9.52. The van der Waals surface area contributed by atoms with E-state index >= 15 is 0 Å². The minimum Gasteiger partial charge on any atom is -0.381 e. The molecule has 0 aliphatic heterocycles. The van der Waals surface area contributed by atoms with Crippen molar-refractivity contribution in [3.8, 4) is 0 Å². The van der Waals surface area contributed by atoms with Crippen LogP contribution in [0.5, 0.6) is 0 Å². The Morgan fingerprint density at radius 2 is 2.46 bits per heavy atom. The molecule has 0 aliphatic carbocycles. The lowest BCUT2D eigenvalue weighted by molar-refractivity contribution is 0.150. The van der Waals surface area contributed by atoms with Crippen molar-refractivity contribution in [2.45, 2.75) is 13.3 Å². The monoisotopic (exact) mass is 177 g/mol. The van der Waals surface area contributed by atoms with Gasteiger partial charge in [0.25, 0.3) is 0 Å². The standard InChI is InChI=1S/C11H15NO/c1-3-10-5-7-12-11(9-10)6-8-13-4-2/h3,5,7,9H,1,4,6,8H2,2H3. The van der Waals surface area contributed by atoms with Crippen LogP contribution >= 0.6 is 0 Å². The van der Waals surface area contributed by atoms with Crippen molar-refractivity contribution in [1.29, 1.82) is 0 Å². The number of nitrogens with zero attached hydrogens (tertiary/aromatic N) is 1. The number of aromatic nitrogens is 1. The van der Waals surface area contributed by atoms with Gasteiger partial charge in [0.2, 0.25) is 0 Å². The summed E-state index contributed by atoms with van der Waals surface area (Å²) >= 11 is 0. The van der Waals surface area contributed by atoms with Gasteiger partial charge in [-0.1, -0.05) is 12.7 Å². The van der Waals surface area contributed by atoms with Gasteiger partial charge in [0.1, 0.15) is 0 Å². The molecule has 2 nitrogen and oxygen atoms in total. The van der Waals surface area contributed by atoms with E-state index in [1.54, 1.807) is 6.20 Å². The largest absolute Gasteiger partial charge is 0.381 e. The van der Waals surface area contributed by atoms with E-state index in [0.29, 0.717) is 0 Å². The molecule has 1 aromatic heterocycles. The van der Waals surface area contributed by atoms with Crippen LogP contribution in [-0.2, 0) is 11.2 Å². The van der Waals surface area contributed by atoms with Gasteiger partial charge >= 0.3 is 0 Å². The van der Waals surface area contributed by atoms with Crippen molar-refractivity contribution in [2.75, 3.05) is 13.2 Å². The first-order chi connectivity index (χ1) is 6.36. The molecule has 0 saturated carbocycles. The molecular formula is C11H15NO. The first kappa shape index (κ1) is 9.93. The van der Waals surface area contributed by atoms with Crippen LogP contribution < -0.4 is 0 Å². The van der Waals surface area contributed by atoms with E-state index in [2.05, 4.69) is 11.6 Å². The fraction of sp³-hybridized carbons (Fsp3) is 0.364.